The van der Waals surface area contributed by atoms with E-state index in [2.05, 4.69) is 5.32 Å². The fraction of sp³-hybridized carbons (Fsp3) is 0.333. The lowest BCUT2D eigenvalue weighted by molar-refractivity contribution is 0.0989. The summed E-state index contributed by atoms with van der Waals surface area (Å²) in [6.07, 6.45) is 2.88. The molecule has 0 aliphatic heterocycles. The van der Waals surface area contributed by atoms with Gasteiger partial charge >= 0.3 is 0 Å². The Bertz CT molecular complexity index is 668. The van der Waals surface area contributed by atoms with Gasteiger partial charge < -0.3 is 20.4 Å². The lowest BCUT2D eigenvalue weighted by atomic mass is 9.92. The first kappa shape index (κ1) is 16.3. The Morgan fingerprint density at radius 3 is 2.18 bits per heavy atom. The van der Waals surface area contributed by atoms with Crippen molar-refractivity contribution < 1.29 is 19.8 Å². The van der Waals surface area contributed by atoms with Crippen molar-refractivity contribution in [2.75, 3.05) is 32.5 Å². The third kappa shape index (κ3) is 2.93. The number of fused-ring (bicyclic) bond motifs is 1. The largest absolute Gasteiger partial charge is 0.505 e. The van der Waals surface area contributed by atoms with E-state index in [1.54, 1.807) is 0 Å². The lowest BCUT2D eigenvalue weighted by Crippen LogP contribution is -2.17. The molecule has 0 atom stereocenters. The number of hydrogen-bond acceptors (Lipinski definition) is 6. The highest BCUT2D eigenvalue weighted by atomic mass is 35.5. The molecule has 6 nitrogen and oxygen atoms in total. The average molecular weight is 325 g/mol. The van der Waals surface area contributed by atoms with Crippen LogP contribution in [0.5, 0.6) is 11.5 Å². The van der Waals surface area contributed by atoms with E-state index in [1.807, 2.05) is 19.0 Å². The number of rotatable bonds is 5. The van der Waals surface area contributed by atoms with Crippen LogP contribution in [0.25, 0.3) is 0 Å². The molecule has 0 saturated heterocycles. The quantitative estimate of drug-likeness (QED) is 0.436. The number of nitrogens with zero attached hydrogens (tertiary/aromatic N) is 1. The number of anilines is 1. The molecule has 0 saturated carbocycles. The second-order valence-electron chi connectivity index (χ2n) is 5.28. The summed E-state index contributed by atoms with van der Waals surface area (Å²) in [4.78, 5) is 25.7. The number of nitrogens with one attached hydrogen (secondary N) is 1. The van der Waals surface area contributed by atoms with Gasteiger partial charge in [0.1, 0.15) is 16.5 Å². The summed E-state index contributed by atoms with van der Waals surface area (Å²) >= 11 is 6.02. The molecular formula is C15H17ClN2O4. The molecule has 0 bridgehead atoms. The van der Waals surface area contributed by atoms with Crippen LogP contribution in [0.1, 0.15) is 27.1 Å². The molecule has 0 unspecified atom stereocenters. The number of carbonyl (C=O) groups excluding carboxylic acids is 2. The number of halogens is 1. The Morgan fingerprint density at radius 2 is 1.64 bits per heavy atom. The van der Waals surface area contributed by atoms with Gasteiger partial charge in [-0.3, -0.25) is 9.59 Å². The van der Waals surface area contributed by atoms with Crippen molar-refractivity contribution in [1.82, 2.24) is 4.90 Å². The number of hydrogen-bond donors (Lipinski definition) is 3. The molecule has 1 aliphatic rings. The summed E-state index contributed by atoms with van der Waals surface area (Å²) in [6, 6.07) is 0. The highest BCUT2D eigenvalue weighted by Crippen LogP contribution is 2.46. The van der Waals surface area contributed by atoms with E-state index < -0.39 is 23.1 Å². The summed E-state index contributed by atoms with van der Waals surface area (Å²) in [5, 5.41) is 23.1. The monoisotopic (exact) mass is 324 g/mol. The minimum Gasteiger partial charge on any atom is -0.505 e. The SMILES string of the molecule is CN(C)CCCNc1c(O)c2c(c(O)c1Cl)C(=O)C=CC2=O. The van der Waals surface area contributed by atoms with Gasteiger partial charge in [0.2, 0.25) is 0 Å². The van der Waals surface area contributed by atoms with Gasteiger partial charge in [0, 0.05) is 6.54 Å². The van der Waals surface area contributed by atoms with E-state index in [0.717, 1.165) is 25.1 Å². The smallest absolute Gasteiger partial charge is 0.190 e. The van der Waals surface area contributed by atoms with Gasteiger partial charge in [-0.25, -0.2) is 0 Å². The van der Waals surface area contributed by atoms with Crippen LogP contribution in [0.2, 0.25) is 5.02 Å². The third-order valence-electron chi connectivity index (χ3n) is 3.35. The van der Waals surface area contributed by atoms with E-state index in [0.29, 0.717) is 6.54 Å². The Hall–Kier alpha value is -2.05. The number of ketones is 2. The molecule has 0 spiro atoms. The van der Waals surface area contributed by atoms with Crippen LogP contribution < -0.4 is 5.32 Å². The van der Waals surface area contributed by atoms with E-state index in [1.165, 1.54) is 0 Å². The first-order chi connectivity index (χ1) is 10.3. The van der Waals surface area contributed by atoms with Crippen molar-refractivity contribution in [3.63, 3.8) is 0 Å². The van der Waals surface area contributed by atoms with Crippen LogP contribution in [-0.4, -0.2) is 53.9 Å². The van der Waals surface area contributed by atoms with Crippen molar-refractivity contribution >= 4 is 28.9 Å². The van der Waals surface area contributed by atoms with Gasteiger partial charge in [-0.1, -0.05) is 11.6 Å². The van der Waals surface area contributed by atoms with Gasteiger partial charge in [-0.05, 0) is 39.2 Å². The van der Waals surface area contributed by atoms with Crippen LogP contribution in [-0.2, 0) is 0 Å². The van der Waals surface area contributed by atoms with Crippen molar-refractivity contribution in [3.05, 3.63) is 28.3 Å². The highest BCUT2D eigenvalue weighted by Gasteiger charge is 2.31. The number of carbonyl (C=O) groups is 2. The Morgan fingerprint density at radius 1 is 1.09 bits per heavy atom. The molecule has 3 N–H and O–H groups in total. The summed E-state index contributed by atoms with van der Waals surface area (Å²) in [6.45, 7) is 1.31. The van der Waals surface area contributed by atoms with E-state index >= 15 is 0 Å². The molecule has 0 heterocycles. The Kier molecular flexibility index (Phi) is 4.73. The van der Waals surface area contributed by atoms with Crippen LogP contribution in [0.15, 0.2) is 12.2 Å². The lowest BCUT2D eigenvalue weighted by Gasteiger charge is -2.19. The zero-order chi connectivity index (χ0) is 16.4. The van der Waals surface area contributed by atoms with Crippen LogP contribution in [0, 0.1) is 0 Å². The van der Waals surface area contributed by atoms with E-state index in [4.69, 9.17) is 11.6 Å². The molecule has 118 valence electrons. The van der Waals surface area contributed by atoms with Crippen LogP contribution >= 0.6 is 11.6 Å². The van der Waals surface area contributed by atoms with E-state index in [-0.39, 0.29) is 21.8 Å². The zero-order valence-corrected chi connectivity index (χ0v) is 13.1. The Balaban J connectivity index is 2.37. The van der Waals surface area contributed by atoms with Gasteiger partial charge in [-0.2, -0.15) is 0 Å². The molecule has 22 heavy (non-hydrogen) atoms. The highest BCUT2D eigenvalue weighted by molar-refractivity contribution is 6.37. The third-order valence-corrected chi connectivity index (χ3v) is 3.72. The number of phenolic OH excluding ortho intramolecular Hbond substituents is 2. The zero-order valence-electron chi connectivity index (χ0n) is 12.3. The summed E-state index contributed by atoms with van der Waals surface area (Å²) in [7, 11) is 3.87. The van der Waals surface area contributed by atoms with Crippen molar-refractivity contribution in [2.45, 2.75) is 6.42 Å². The first-order valence-electron chi connectivity index (χ1n) is 6.77. The fourth-order valence-corrected chi connectivity index (χ4v) is 2.51. The normalized spacial score (nSPS) is 13.6. The van der Waals surface area contributed by atoms with Gasteiger partial charge in [0.05, 0.1) is 11.1 Å². The van der Waals surface area contributed by atoms with Gasteiger partial charge in [0.25, 0.3) is 0 Å². The van der Waals surface area contributed by atoms with Gasteiger partial charge in [0.15, 0.2) is 17.3 Å². The van der Waals surface area contributed by atoms with Crippen molar-refractivity contribution in [2.24, 2.45) is 0 Å². The Labute approximate surface area is 133 Å². The maximum absolute atomic E-state index is 11.9. The molecule has 0 radical (unpaired) electrons. The molecule has 0 fully saturated rings. The first-order valence-corrected chi connectivity index (χ1v) is 7.15. The molecule has 1 aromatic carbocycles. The maximum atomic E-state index is 11.9. The van der Waals surface area contributed by atoms with Crippen LogP contribution in [0.3, 0.4) is 0 Å². The summed E-state index contributed by atoms with van der Waals surface area (Å²) in [5.41, 5.74) is -0.411. The van der Waals surface area contributed by atoms with E-state index in [9.17, 15) is 19.8 Å². The predicted octanol–water partition coefficient (Wildman–Crippen LogP) is 2.05. The molecule has 2 rings (SSSR count). The van der Waals surface area contributed by atoms with Crippen molar-refractivity contribution in [1.29, 1.82) is 0 Å². The topological polar surface area (TPSA) is 89.9 Å². The summed E-state index contributed by atoms with van der Waals surface area (Å²) in [5.74, 6) is -2.02. The molecule has 7 heteroatoms. The minimum atomic E-state index is -0.566. The standard InChI is InChI=1S/C15H17ClN2O4/c1-18(2)7-3-6-17-13-12(16)14(21)10-8(19)4-5-9(20)11(10)15(13)22/h4-5,17,21-22H,3,6-7H2,1-2H3. The number of phenols is 2. The summed E-state index contributed by atoms with van der Waals surface area (Å²) < 4.78 is 0. The number of allylic oxidation sites excluding steroid dienone is 2. The second kappa shape index (κ2) is 6.37. The molecular weight excluding hydrogens is 308 g/mol. The van der Waals surface area contributed by atoms with Crippen LogP contribution in [0.4, 0.5) is 5.69 Å². The fourth-order valence-electron chi connectivity index (χ4n) is 2.26. The molecule has 0 amide bonds. The average Bonchev–Trinajstić information content (AvgIpc) is 2.46. The predicted molar refractivity (Wildman–Crippen MR) is 84.2 cm³/mol. The number of aromatic hydroxyl groups is 2. The molecule has 1 aromatic rings. The number of benzene rings is 1. The maximum Gasteiger partial charge on any atom is 0.190 e. The second-order valence-corrected chi connectivity index (χ2v) is 5.66. The molecule has 1 aliphatic carbocycles. The van der Waals surface area contributed by atoms with Crippen molar-refractivity contribution in [3.8, 4) is 11.5 Å². The molecule has 0 aromatic heterocycles. The van der Waals surface area contributed by atoms with Gasteiger partial charge in [-0.15, -0.1) is 0 Å². The minimum absolute atomic E-state index is 0.0631.